The number of carbonyl (C=O) groups excluding carboxylic acids is 2. The lowest BCUT2D eigenvalue weighted by atomic mass is 10.1. The number of piperazine rings is 1. The third-order valence-corrected chi connectivity index (χ3v) is 5.12. The van der Waals surface area contributed by atoms with Crippen LogP contribution < -0.4 is 14.8 Å². The number of carbonyl (C=O) groups is 2. The summed E-state index contributed by atoms with van der Waals surface area (Å²) in [4.78, 5) is 28.9. The number of rotatable bonds is 7. The summed E-state index contributed by atoms with van der Waals surface area (Å²) >= 11 is 0. The summed E-state index contributed by atoms with van der Waals surface area (Å²) in [7, 11) is 3.10. The monoisotopic (exact) mass is 415 g/mol. The lowest BCUT2D eigenvalue weighted by Gasteiger charge is -2.35. The summed E-state index contributed by atoms with van der Waals surface area (Å²) in [6, 6.07) is 10.6. The molecule has 3 rings (SSSR count). The molecule has 0 unspecified atom stereocenters. The van der Waals surface area contributed by atoms with Crippen molar-refractivity contribution in [1.82, 2.24) is 15.1 Å². The molecule has 2 amide bonds. The number of benzene rings is 2. The van der Waals surface area contributed by atoms with E-state index in [4.69, 9.17) is 9.47 Å². The van der Waals surface area contributed by atoms with Crippen LogP contribution >= 0.6 is 0 Å². The van der Waals surface area contributed by atoms with E-state index in [1.54, 1.807) is 30.2 Å². The van der Waals surface area contributed by atoms with Crippen LogP contribution in [0.5, 0.6) is 11.5 Å². The van der Waals surface area contributed by atoms with Gasteiger partial charge < -0.3 is 19.7 Å². The van der Waals surface area contributed by atoms with E-state index in [2.05, 4.69) is 10.2 Å². The predicted octanol–water partition coefficient (Wildman–Crippen LogP) is 2.03. The van der Waals surface area contributed by atoms with E-state index in [9.17, 15) is 14.0 Å². The maximum absolute atomic E-state index is 12.9. The van der Waals surface area contributed by atoms with Crippen LogP contribution in [0, 0.1) is 5.82 Å². The van der Waals surface area contributed by atoms with Crippen molar-refractivity contribution in [2.45, 2.75) is 0 Å². The molecule has 1 N–H and O–H groups in total. The van der Waals surface area contributed by atoms with Gasteiger partial charge in [0.1, 0.15) is 17.3 Å². The molecule has 0 spiro atoms. The van der Waals surface area contributed by atoms with Crippen LogP contribution in [0.2, 0.25) is 0 Å². The minimum absolute atomic E-state index is 0.0706. The van der Waals surface area contributed by atoms with Crippen LogP contribution in [0.1, 0.15) is 20.7 Å². The van der Waals surface area contributed by atoms with Gasteiger partial charge in [0, 0.05) is 50.9 Å². The minimum Gasteiger partial charge on any atom is -0.497 e. The number of ether oxygens (including phenoxy) is 2. The summed E-state index contributed by atoms with van der Waals surface area (Å²) in [6.07, 6.45) is 0. The second kappa shape index (κ2) is 10.1. The van der Waals surface area contributed by atoms with Crippen molar-refractivity contribution in [2.24, 2.45) is 0 Å². The molecular formula is C22H26FN3O4. The van der Waals surface area contributed by atoms with Gasteiger partial charge in [-0.15, -0.1) is 0 Å². The molecule has 1 aliphatic rings. The van der Waals surface area contributed by atoms with Gasteiger partial charge in [-0.1, -0.05) is 0 Å². The molecule has 0 aromatic heterocycles. The quantitative estimate of drug-likeness (QED) is 0.749. The van der Waals surface area contributed by atoms with Gasteiger partial charge in [-0.05, 0) is 36.4 Å². The lowest BCUT2D eigenvalue weighted by Crippen LogP contribution is -2.50. The van der Waals surface area contributed by atoms with Crippen LogP contribution in [0.25, 0.3) is 0 Å². The van der Waals surface area contributed by atoms with E-state index in [1.165, 1.54) is 31.4 Å². The molecule has 1 heterocycles. The summed E-state index contributed by atoms with van der Waals surface area (Å²) in [6.45, 7) is 3.80. The minimum atomic E-state index is -0.369. The SMILES string of the molecule is COc1ccc(C(=O)N2CCN(CCNC(=O)c3ccc(F)cc3)CC2)c(OC)c1. The van der Waals surface area contributed by atoms with Gasteiger partial charge in [0.25, 0.3) is 11.8 Å². The van der Waals surface area contributed by atoms with E-state index < -0.39 is 0 Å². The van der Waals surface area contributed by atoms with Crippen molar-refractivity contribution in [3.8, 4) is 11.5 Å². The van der Waals surface area contributed by atoms with E-state index >= 15 is 0 Å². The van der Waals surface area contributed by atoms with Gasteiger partial charge in [-0.2, -0.15) is 0 Å². The van der Waals surface area contributed by atoms with Gasteiger partial charge in [0.05, 0.1) is 19.8 Å². The van der Waals surface area contributed by atoms with E-state index in [0.29, 0.717) is 48.8 Å². The van der Waals surface area contributed by atoms with E-state index in [0.717, 1.165) is 13.1 Å². The fraction of sp³-hybridized carbons (Fsp3) is 0.364. The second-order valence-corrected chi connectivity index (χ2v) is 6.96. The maximum atomic E-state index is 12.9. The van der Waals surface area contributed by atoms with Gasteiger partial charge in [-0.25, -0.2) is 4.39 Å². The number of halogens is 1. The average molecular weight is 415 g/mol. The molecule has 1 fully saturated rings. The molecule has 160 valence electrons. The fourth-order valence-electron chi connectivity index (χ4n) is 3.35. The predicted molar refractivity (Wildman–Crippen MR) is 111 cm³/mol. The Morgan fingerprint density at radius 2 is 1.70 bits per heavy atom. The third-order valence-electron chi connectivity index (χ3n) is 5.12. The molecule has 2 aromatic carbocycles. The Morgan fingerprint density at radius 1 is 1.00 bits per heavy atom. The fourth-order valence-corrected chi connectivity index (χ4v) is 3.35. The Hall–Kier alpha value is -3.13. The molecule has 0 saturated carbocycles. The first-order valence-electron chi connectivity index (χ1n) is 9.79. The molecule has 0 atom stereocenters. The lowest BCUT2D eigenvalue weighted by molar-refractivity contribution is 0.0635. The van der Waals surface area contributed by atoms with Gasteiger partial charge in [0.2, 0.25) is 0 Å². The molecule has 1 saturated heterocycles. The first-order valence-corrected chi connectivity index (χ1v) is 9.79. The highest BCUT2D eigenvalue weighted by molar-refractivity contribution is 5.97. The molecule has 7 nitrogen and oxygen atoms in total. The van der Waals surface area contributed by atoms with Crippen molar-refractivity contribution in [2.75, 3.05) is 53.5 Å². The summed E-state index contributed by atoms with van der Waals surface area (Å²) in [5, 5.41) is 2.84. The topological polar surface area (TPSA) is 71.1 Å². The smallest absolute Gasteiger partial charge is 0.257 e. The standard InChI is InChI=1S/C22H26FN3O4/c1-29-18-7-8-19(20(15-18)30-2)22(28)26-13-11-25(12-14-26)10-9-24-21(27)16-3-5-17(23)6-4-16/h3-8,15H,9-14H2,1-2H3,(H,24,27). The highest BCUT2D eigenvalue weighted by Crippen LogP contribution is 2.26. The Labute approximate surface area is 175 Å². The van der Waals surface area contributed by atoms with Crippen LogP contribution in [-0.2, 0) is 0 Å². The zero-order valence-electron chi connectivity index (χ0n) is 17.2. The Balaban J connectivity index is 1.46. The van der Waals surface area contributed by atoms with Crippen molar-refractivity contribution in [1.29, 1.82) is 0 Å². The summed E-state index contributed by atoms with van der Waals surface area (Å²) < 4.78 is 23.5. The van der Waals surface area contributed by atoms with Crippen LogP contribution in [-0.4, -0.2) is 75.1 Å². The summed E-state index contributed by atoms with van der Waals surface area (Å²) in [5.74, 6) is 0.460. The third kappa shape index (κ3) is 5.27. The Morgan fingerprint density at radius 3 is 2.33 bits per heavy atom. The zero-order valence-corrected chi connectivity index (χ0v) is 17.2. The number of hydrogen-bond acceptors (Lipinski definition) is 5. The normalized spacial score (nSPS) is 14.3. The van der Waals surface area contributed by atoms with Gasteiger partial charge in [0.15, 0.2) is 0 Å². The molecular weight excluding hydrogens is 389 g/mol. The summed E-state index contributed by atoms with van der Waals surface area (Å²) in [5.41, 5.74) is 0.943. The van der Waals surface area contributed by atoms with Gasteiger partial charge >= 0.3 is 0 Å². The zero-order chi connectivity index (χ0) is 21.5. The van der Waals surface area contributed by atoms with E-state index in [1.807, 2.05) is 0 Å². The second-order valence-electron chi connectivity index (χ2n) is 6.96. The average Bonchev–Trinajstić information content (AvgIpc) is 2.79. The number of methoxy groups -OCH3 is 2. The van der Waals surface area contributed by atoms with Crippen molar-refractivity contribution in [3.63, 3.8) is 0 Å². The van der Waals surface area contributed by atoms with Crippen molar-refractivity contribution < 1.29 is 23.5 Å². The Kier molecular flexibility index (Phi) is 7.24. The molecule has 0 aliphatic carbocycles. The van der Waals surface area contributed by atoms with Crippen molar-refractivity contribution >= 4 is 11.8 Å². The van der Waals surface area contributed by atoms with Gasteiger partial charge in [-0.3, -0.25) is 14.5 Å². The molecule has 0 radical (unpaired) electrons. The van der Waals surface area contributed by atoms with Crippen LogP contribution in [0.4, 0.5) is 4.39 Å². The highest BCUT2D eigenvalue weighted by atomic mass is 19.1. The van der Waals surface area contributed by atoms with E-state index in [-0.39, 0.29) is 17.6 Å². The number of nitrogens with zero attached hydrogens (tertiary/aromatic N) is 2. The maximum Gasteiger partial charge on any atom is 0.257 e. The molecule has 2 aromatic rings. The number of nitrogens with one attached hydrogen (secondary N) is 1. The molecule has 1 aliphatic heterocycles. The molecule has 30 heavy (non-hydrogen) atoms. The van der Waals surface area contributed by atoms with Crippen LogP contribution in [0.15, 0.2) is 42.5 Å². The number of hydrogen-bond donors (Lipinski definition) is 1. The van der Waals surface area contributed by atoms with Crippen molar-refractivity contribution in [3.05, 3.63) is 59.4 Å². The molecule has 0 bridgehead atoms. The highest BCUT2D eigenvalue weighted by Gasteiger charge is 2.24. The molecule has 8 heteroatoms. The first kappa shape index (κ1) is 21.6. The first-order chi connectivity index (χ1) is 14.5. The number of amides is 2. The largest absolute Gasteiger partial charge is 0.497 e. The van der Waals surface area contributed by atoms with Crippen LogP contribution in [0.3, 0.4) is 0 Å². The Bertz CT molecular complexity index is 880.